The van der Waals surface area contributed by atoms with Crippen LogP contribution in [0.2, 0.25) is 0 Å². The van der Waals surface area contributed by atoms with Gasteiger partial charge in [0.1, 0.15) is 11.6 Å². The first kappa shape index (κ1) is 23.1. The molecule has 0 spiro atoms. The summed E-state index contributed by atoms with van der Waals surface area (Å²) in [6, 6.07) is 8.77. The van der Waals surface area contributed by atoms with Crippen molar-refractivity contribution in [1.29, 1.82) is 0 Å². The summed E-state index contributed by atoms with van der Waals surface area (Å²) in [7, 11) is 1.89. The second kappa shape index (κ2) is 10.6. The molecule has 0 radical (unpaired) electrons. The number of carbonyl (C=O) groups is 1. The highest BCUT2D eigenvalue weighted by Gasteiger charge is 2.29. The number of carbonyl (C=O) groups excluding carboxylic acids is 1. The molecule has 4 aromatic rings. The quantitative estimate of drug-likeness (QED) is 0.460. The van der Waals surface area contributed by atoms with Crippen LogP contribution in [0.1, 0.15) is 32.3 Å². The van der Waals surface area contributed by atoms with E-state index in [0.717, 1.165) is 29.4 Å². The normalized spacial score (nSPS) is 12.3. The van der Waals surface area contributed by atoms with Crippen molar-refractivity contribution in [2.75, 3.05) is 5.32 Å². The van der Waals surface area contributed by atoms with Gasteiger partial charge >= 0.3 is 0 Å². The minimum absolute atomic E-state index is 0.00675. The van der Waals surface area contributed by atoms with E-state index in [4.69, 9.17) is 0 Å². The Labute approximate surface area is 187 Å². The van der Waals surface area contributed by atoms with E-state index >= 15 is 0 Å². The van der Waals surface area contributed by atoms with Crippen LogP contribution >= 0.6 is 0 Å². The number of hydrogen-bond donors (Lipinski definition) is 1. The summed E-state index contributed by atoms with van der Waals surface area (Å²) in [6.45, 7) is 5.93. The van der Waals surface area contributed by atoms with Gasteiger partial charge in [-0.2, -0.15) is 5.10 Å². The molecule has 32 heavy (non-hydrogen) atoms. The first-order valence-electron chi connectivity index (χ1n) is 10.8. The standard InChI is InChI=1S/C19H16FN3O.C4H6N2.C2H6/c1-11-4-5-21-10-16(11)15-6-13-8-18(23-19(24)12-2-3-12)22-9-14(13)7-17(15)20;1-6-4-2-3-5-6;1-2/h4-10,12H,2-3H2,1H3,(H,22,23,24);2-4H,1H3;1-2H3. The van der Waals surface area contributed by atoms with Crippen LogP contribution in [-0.4, -0.2) is 25.7 Å². The van der Waals surface area contributed by atoms with Gasteiger partial charge < -0.3 is 5.32 Å². The third-order valence-electron chi connectivity index (χ3n) is 4.97. The van der Waals surface area contributed by atoms with Crippen molar-refractivity contribution in [3.63, 3.8) is 0 Å². The predicted molar refractivity (Wildman–Crippen MR) is 126 cm³/mol. The Morgan fingerprint density at radius 1 is 1.09 bits per heavy atom. The van der Waals surface area contributed by atoms with Gasteiger partial charge in [0.15, 0.2) is 0 Å². The van der Waals surface area contributed by atoms with Crippen molar-refractivity contribution in [3.8, 4) is 11.1 Å². The molecule has 1 aliphatic carbocycles. The van der Waals surface area contributed by atoms with Crippen LogP contribution in [0.3, 0.4) is 0 Å². The second-order valence-electron chi connectivity index (χ2n) is 7.38. The molecule has 1 fully saturated rings. The van der Waals surface area contributed by atoms with Crippen LogP contribution in [0.4, 0.5) is 10.2 Å². The Morgan fingerprint density at radius 3 is 2.47 bits per heavy atom. The lowest BCUT2D eigenvalue weighted by atomic mass is 9.99. The molecule has 0 atom stereocenters. The molecule has 0 bridgehead atoms. The van der Waals surface area contributed by atoms with Gasteiger partial charge in [0.25, 0.3) is 0 Å². The van der Waals surface area contributed by atoms with E-state index in [1.165, 1.54) is 6.07 Å². The molecule has 3 heterocycles. The average molecular weight is 434 g/mol. The van der Waals surface area contributed by atoms with E-state index in [1.54, 1.807) is 41.6 Å². The lowest BCUT2D eigenvalue weighted by Gasteiger charge is -2.10. The van der Waals surface area contributed by atoms with E-state index in [-0.39, 0.29) is 17.6 Å². The number of fused-ring (bicyclic) bond motifs is 1. The average Bonchev–Trinajstić information content (AvgIpc) is 3.55. The molecule has 1 amide bonds. The van der Waals surface area contributed by atoms with Crippen LogP contribution < -0.4 is 5.32 Å². The monoisotopic (exact) mass is 433 g/mol. The fraction of sp³-hybridized carbons (Fsp3) is 0.280. The lowest BCUT2D eigenvalue weighted by molar-refractivity contribution is -0.117. The maximum absolute atomic E-state index is 14.5. The number of pyridine rings is 2. The van der Waals surface area contributed by atoms with Crippen molar-refractivity contribution in [3.05, 3.63) is 72.7 Å². The minimum atomic E-state index is -0.310. The van der Waals surface area contributed by atoms with E-state index in [9.17, 15) is 9.18 Å². The van der Waals surface area contributed by atoms with Crippen molar-refractivity contribution in [2.24, 2.45) is 13.0 Å². The summed E-state index contributed by atoms with van der Waals surface area (Å²) in [6.07, 6.45) is 10.5. The second-order valence-corrected chi connectivity index (χ2v) is 7.38. The molecule has 0 aliphatic heterocycles. The maximum Gasteiger partial charge on any atom is 0.228 e. The number of anilines is 1. The van der Waals surface area contributed by atoms with Crippen LogP contribution in [-0.2, 0) is 11.8 Å². The topological polar surface area (TPSA) is 72.7 Å². The van der Waals surface area contributed by atoms with Gasteiger partial charge in [0, 0.05) is 60.5 Å². The first-order valence-corrected chi connectivity index (χ1v) is 10.8. The summed E-state index contributed by atoms with van der Waals surface area (Å²) in [5.74, 6) is 0.312. The lowest BCUT2D eigenvalue weighted by Crippen LogP contribution is -2.14. The number of rotatable bonds is 3. The number of nitrogens with one attached hydrogen (secondary N) is 1. The fourth-order valence-electron chi connectivity index (χ4n) is 3.11. The molecule has 1 aromatic carbocycles. The van der Waals surface area contributed by atoms with Crippen molar-refractivity contribution in [2.45, 2.75) is 33.6 Å². The summed E-state index contributed by atoms with van der Waals surface area (Å²) in [4.78, 5) is 20.2. The van der Waals surface area contributed by atoms with Crippen LogP contribution in [0.15, 0.2) is 61.3 Å². The van der Waals surface area contributed by atoms with Gasteiger partial charge in [-0.3, -0.25) is 14.5 Å². The molecule has 3 aromatic heterocycles. The number of aromatic nitrogens is 4. The van der Waals surface area contributed by atoms with Crippen molar-refractivity contribution >= 4 is 22.5 Å². The number of halogens is 1. The van der Waals surface area contributed by atoms with E-state index < -0.39 is 0 Å². The molecule has 0 unspecified atom stereocenters. The SMILES string of the molecule is CC.Cc1ccncc1-c1cc2cc(NC(=O)C3CC3)ncc2cc1F.Cn1cccn1. The molecular formula is C25H28FN5O. The molecule has 166 valence electrons. The van der Waals surface area contributed by atoms with Crippen molar-refractivity contribution in [1.82, 2.24) is 19.7 Å². The first-order chi connectivity index (χ1) is 15.5. The molecule has 7 heteroatoms. The summed E-state index contributed by atoms with van der Waals surface area (Å²) in [5.41, 5.74) is 2.22. The van der Waals surface area contributed by atoms with Gasteiger partial charge in [-0.1, -0.05) is 13.8 Å². The van der Waals surface area contributed by atoms with Gasteiger partial charge in [-0.15, -0.1) is 0 Å². The number of nitrogens with zero attached hydrogens (tertiary/aromatic N) is 4. The highest BCUT2D eigenvalue weighted by atomic mass is 19.1. The van der Waals surface area contributed by atoms with Gasteiger partial charge in [0.05, 0.1) is 0 Å². The molecule has 1 saturated carbocycles. The number of benzene rings is 1. The minimum Gasteiger partial charge on any atom is -0.310 e. The summed E-state index contributed by atoms with van der Waals surface area (Å²) >= 11 is 0. The Kier molecular flexibility index (Phi) is 7.65. The number of aryl methyl sites for hydroxylation is 2. The Bertz CT molecular complexity index is 1190. The largest absolute Gasteiger partial charge is 0.310 e. The zero-order valence-electron chi connectivity index (χ0n) is 18.8. The smallest absolute Gasteiger partial charge is 0.228 e. The van der Waals surface area contributed by atoms with Gasteiger partial charge in [-0.05, 0) is 61.0 Å². The van der Waals surface area contributed by atoms with Crippen LogP contribution in [0.5, 0.6) is 0 Å². The Morgan fingerprint density at radius 2 is 1.88 bits per heavy atom. The molecule has 1 aliphatic rings. The third kappa shape index (κ3) is 5.75. The van der Waals surface area contributed by atoms with Gasteiger partial charge in [-0.25, -0.2) is 9.37 Å². The zero-order chi connectivity index (χ0) is 23.1. The number of amides is 1. The third-order valence-corrected chi connectivity index (χ3v) is 4.97. The van der Waals surface area contributed by atoms with E-state index in [1.807, 2.05) is 46.1 Å². The summed E-state index contributed by atoms with van der Waals surface area (Å²) < 4.78 is 16.2. The molecule has 6 nitrogen and oxygen atoms in total. The van der Waals surface area contributed by atoms with E-state index in [0.29, 0.717) is 16.8 Å². The summed E-state index contributed by atoms with van der Waals surface area (Å²) in [5, 5.41) is 8.18. The maximum atomic E-state index is 14.5. The molecule has 1 N–H and O–H groups in total. The Hall–Kier alpha value is -3.61. The predicted octanol–water partition coefficient (Wildman–Crippen LogP) is 5.54. The van der Waals surface area contributed by atoms with Crippen LogP contribution in [0, 0.1) is 18.7 Å². The van der Waals surface area contributed by atoms with Gasteiger partial charge in [0.2, 0.25) is 5.91 Å². The molecule has 5 rings (SSSR count). The molecular weight excluding hydrogens is 405 g/mol. The van der Waals surface area contributed by atoms with Crippen LogP contribution in [0.25, 0.3) is 21.9 Å². The van der Waals surface area contributed by atoms with E-state index in [2.05, 4.69) is 20.4 Å². The Balaban J connectivity index is 0.000000309. The highest BCUT2D eigenvalue weighted by Crippen LogP contribution is 2.32. The van der Waals surface area contributed by atoms with Crippen molar-refractivity contribution < 1.29 is 9.18 Å². The fourth-order valence-corrected chi connectivity index (χ4v) is 3.11. The zero-order valence-corrected chi connectivity index (χ0v) is 18.8. The number of hydrogen-bond acceptors (Lipinski definition) is 4. The molecule has 0 saturated heterocycles. The highest BCUT2D eigenvalue weighted by molar-refractivity contribution is 5.96.